The molecule has 1 fully saturated rings. The first-order valence-corrected chi connectivity index (χ1v) is 8.97. The summed E-state index contributed by atoms with van der Waals surface area (Å²) in [5, 5.41) is 0.583. The van der Waals surface area contributed by atoms with E-state index >= 15 is 0 Å². The van der Waals surface area contributed by atoms with Gasteiger partial charge in [0, 0.05) is 24.5 Å². The van der Waals surface area contributed by atoms with Gasteiger partial charge >= 0.3 is 5.63 Å². The number of fused-ring (bicyclic) bond motifs is 1. The molecule has 0 spiro atoms. The van der Waals surface area contributed by atoms with Crippen LogP contribution < -0.4 is 5.63 Å². The molecule has 1 unspecified atom stereocenters. The quantitative estimate of drug-likeness (QED) is 0.799. The van der Waals surface area contributed by atoms with E-state index in [1.165, 1.54) is 28.6 Å². The summed E-state index contributed by atoms with van der Waals surface area (Å²) in [5.74, 6) is 0.249. The molecule has 1 saturated heterocycles. The van der Waals surface area contributed by atoms with Crippen molar-refractivity contribution in [2.75, 3.05) is 19.7 Å². The SMILES string of the molecule is CC(C)C1CN(S(=O)(=O)c2ccc3oc(=O)ccc3c2)CCO1. The Bertz CT molecular complexity index is 871. The van der Waals surface area contributed by atoms with Gasteiger partial charge in [0.1, 0.15) is 5.58 Å². The highest BCUT2D eigenvalue weighted by atomic mass is 32.2. The number of sulfonamides is 1. The predicted molar refractivity (Wildman–Crippen MR) is 85.8 cm³/mol. The van der Waals surface area contributed by atoms with Crippen molar-refractivity contribution in [2.24, 2.45) is 5.92 Å². The number of hydrogen-bond acceptors (Lipinski definition) is 5. The maximum atomic E-state index is 12.8. The molecule has 0 amide bonds. The molecule has 1 aliphatic rings. The largest absolute Gasteiger partial charge is 0.423 e. The Hall–Kier alpha value is -1.70. The second-order valence-corrected chi connectivity index (χ2v) is 7.91. The second kappa shape index (κ2) is 6.07. The summed E-state index contributed by atoms with van der Waals surface area (Å²) in [4.78, 5) is 11.4. The molecule has 1 atom stereocenters. The van der Waals surface area contributed by atoms with Crippen LogP contribution in [0.4, 0.5) is 0 Å². The standard InChI is InChI=1S/C16H19NO5S/c1-11(2)15-10-17(7-8-21-15)23(19,20)13-4-5-14-12(9-13)3-6-16(18)22-14/h3-6,9,11,15H,7-8,10H2,1-2H3. The van der Waals surface area contributed by atoms with E-state index in [-0.39, 0.29) is 16.9 Å². The molecule has 2 aromatic rings. The Morgan fingerprint density at radius 1 is 1.22 bits per heavy atom. The van der Waals surface area contributed by atoms with Crippen LogP contribution in [0.3, 0.4) is 0 Å². The van der Waals surface area contributed by atoms with E-state index in [1.807, 2.05) is 13.8 Å². The van der Waals surface area contributed by atoms with Gasteiger partial charge in [0.2, 0.25) is 10.0 Å². The van der Waals surface area contributed by atoms with E-state index < -0.39 is 15.6 Å². The number of nitrogens with zero attached hydrogens (tertiary/aromatic N) is 1. The lowest BCUT2D eigenvalue weighted by molar-refractivity contribution is -0.0263. The van der Waals surface area contributed by atoms with Gasteiger partial charge in [-0.05, 0) is 30.2 Å². The topological polar surface area (TPSA) is 76.8 Å². The Morgan fingerprint density at radius 2 is 2.00 bits per heavy atom. The number of morpholine rings is 1. The Morgan fingerprint density at radius 3 is 2.74 bits per heavy atom. The van der Waals surface area contributed by atoms with Crippen LogP contribution in [0.2, 0.25) is 0 Å². The monoisotopic (exact) mass is 337 g/mol. The maximum Gasteiger partial charge on any atom is 0.336 e. The lowest BCUT2D eigenvalue weighted by Crippen LogP contribution is -2.47. The van der Waals surface area contributed by atoms with Gasteiger partial charge < -0.3 is 9.15 Å². The molecular weight excluding hydrogens is 318 g/mol. The third kappa shape index (κ3) is 3.17. The molecule has 124 valence electrons. The third-order valence-electron chi connectivity index (χ3n) is 4.03. The normalized spacial score (nSPS) is 20.2. The minimum Gasteiger partial charge on any atom is -0.423 e. The molecule has 1 aromatic heterocycles. The summed E-state index contributed by atoms with van der Waals surface area (Å²) in [5.41, 5.74) is -0.0838. The summed E-state index contributed by atoms with van der Waals surface area (Å²) >= 11 is 0. The van der Waals surface area contributed by atoms with Crippen LogP contribution >= 0.6 is 0 Å². The van der Waals surface area contributed by atoms with Gasteiger partial charge in [0.05, 0.1) is 17.6 Å². The van der Waals surface area contributed by atoms with Gasteiger partial charge in [0.25, 0.3) is 0 Å². The molecule has 7 heteroatoms. The molecule has 0 radical (unpaired) electrons. The van der Waals surface area contributed by atoms with Gasteiger partial charge in [-0.25, -0.2) is 13.2 Å². The second-order valence-electron chi connectivity index (χ2n) is 5.97. The minimum absolute atomic E-state index is 0.1000. The van der Waals surface area contributed by atoms with Crippen molar-refractivity contribution in [1.82, 2.24) is 4.31 Å². The highest BCUT2D eigenvalue weighted by molar-refractivity contribution is 7.89. The van der Waals surface area contributed by atoms with E-state index in [4.69, 9.17) is 9.15 Å². The zero-order valence-electron chi connectivity index (χ0n) is 13.1. The average molecular weight is 337 g/mol. The van der Waals surface area contributed by atoms with Gasteiger partial charge in [-0.3, -0.25) is 0 Å². The van der Waals surface area contributed by atoms with Crippen molar-refractivity contribution in [2.45, 2.75) is 24.8 Å². The predicted octanol–water partition coefficient (Wildman–Crippen LogP) is 1.84. The van der Waals surface area contributed by atoms with Crippen LogP contribution in [0.25, 0.3) is 11.0 Å². The van der Waals surface area contributed by atoms with E-state index in [0.717, 1.165) is 0 Å². The van der Waals surface area contributed by atoms with Crippen molar-refractivity contribution in [3.05, 3.63) is 40.8 Å². The molecular formula is C16H19NO5S. The Balaban J connectivity index is 1.96. The third-order valence-corrected chi connectivity index (χ3v) is 5.89. The summed E-state index contributed by atoms with van der Waals surface area (Å²) in [6.07, 6.45) is -0.1000. The zero-order valence-corrected chi connectivity index (χ0v) is 13.9. The number of benzene rings is 1. The summed E-state index contributed by atoms with van der Waals surface area (Å²) in [7, 11) is -3.60. The number of rotatable bonds is 3. The van der Waals surface area contributed by atoms with Gasteiger partial charge in [-0.2, -0.15) is 4.31 Å². The first kappa shape index (κ1) is 16.2. The zero-order chi connectivity index (χ0) is 16.6. The molecule has 6 nitrogen and oxygen atoms in total. The minimum atomic E-state index is -3.60. The van der Waals surface area contributed by atoms with E-state index in [2.05, 4.69) is 0 Å². The molecule has 0 saturated carbocycles. The van der Waals surface area contributed by atoms with Gasteiger partial charge in [0.15, 0.2) is 0 Å². The van der Waals surface area contributed by atoms with Crippen molar-refractivity contribution in [3.8, 4) is 0 Å². The molecule has 1 aromatic carbocycles. The van der Waals surface area contributed by atoms with Crippen LogP contribution in [0.15, 0.2) is 44.4 Å². The fourth-order valence-corrected chi connectivity index (χ4v) is 4.10. The smallest absolute Gasteiger partial charge is 0.336 e. The summed E-state index contributed by atoms with van der Waals surface area (Å²) in [6.45, 7) is 5.11. The lowest BCUT2D eigenvalue weighted by atomic mass is 10.1. The van der Waals surface area contributed by atoms with Crippen molar-refractivity contribution in [1.29, 1.82) is 0 Å². The highest BCUT2D eigenvalue weighted by Crippen LogP contribution is 2.24. The number of hydrogen-bond donors (Lipinski definition) is 0. The van der Waals surface area contributed by atoms with E-state index in [1.54, 1.807) is 6.07 Å². The molecule has 23 heavy (non-hydrogen) atoms. The summed E-state index contributed by atoms with van der Waals surface area (Å²) in [6, 6.07) is 7.37. The fourth-order valence-electron chi connectivity index (χ4n) is 2.63. The fraction of sp³-hybridized carbons (Fsp3) is 0.438. The van der Waals surface area contributed by atoms with Gasteiger partial charge in [-0.1, -0.05) is 13.8 Å². The first-order chi connectivity index (χ1) is 10.9. The van der Waals surface area contributed by atoms with Crippen molar-refractivity contribution >= 4 is 21.0 Å². The van der Waals surface area contributed by atoms with Crippen LogP contribution in [0.1, 0.15) is 13.8 Å². The van der Waals surface area contributed by atoms with Crippen LogP contribution in [0, 0.1) is 5.92 Å². The molecule has 2 heterocycles. The molecule has 0 aliphatic carbocycles. The van der Waals surface area contributed by atoms with Gasteiger partial charge in [-0.15, -0.1) is 0 Å². The Kier molecular flexibility index (Phi) is 4.27. The molecule has 0 bridgehead atoms. The van der Waals surface area contributed by atoms with E-state index in [9.17, 15) is 13.2 Å². The molecule has 3 rings (SSSR count). The molecule has 0 N–H and O–H groups in total. The highest BCUT2D eigenvalue weighted by Gasteiger charge is 2.32. The van der Waals surface area contributed by atoms with Crippen LogP contribution in [-0.4, -0.2) is 38.5 Å². The molecule has 1 aliphatic heterocycles. The van der Waals surface area contributed by atoms with Crippen molar-refractivity contribution in [3.63, 3.8) is 0 Å². The lowest BCUT2D eigenvalue weighted by Gasteiger charge is -2.34. The first-order valence-electron chi connectivity index (χ1n) is 7.53. The van der Waals surface area contributed by atoms with E-state index in [0.29, 0.717) is 30.7 Å². The van der Waals surface area contributed by atoms with Crippen molar-refractivity contribution < 1.29 is 17.6 Å². The maximum absolute atomic E-state index is 12.8. The Labute approximate surface area is 134 Å². The van der Waals surface area contributed by atoms with Crippen LogP contribution in [-0.2, 0) is 14.8 Å². The van der Waals surface area contributed by atoms with Crippen LogP contribution in [0.5, 0.6) is 0 Å². The summed E-state index contributed by atoms with van der Waals surface area (Å²) < 4.78 is 37.8. The average Bonchev–Trinajstić information content (AvgIpc) is 2.54. The number of ether oxygens (including phenoxy) is 1.